The van der Waals surface area contributed by atoms with E-state index in [1.807, 2.05) is 55.5 Å². The Labute approximate surface area is 117 Å². The molecule has 3 nitrogen and oxygen atoms in total. The average Bonchev–Trinajstić information content (AvgIpc) is 2.89. The third-order valence-electron chi connectivity index (χ3n) is 3.27. The zero-order chi connectivity index (χ0) is 13.9. The van der Waals surface area contributed by atoms with E-state index in [-0.39, 0.29) is 12.6 Å². The van der Waals surface area contributed by atoms with E-state index < -0.39 is 0 Å². The van der Waals surface area contributed by atoms with Crippen molar-refractivity contribution < 1.29 is 9.53 Å². The van der Waals surface area contributed by atoms with Gasteiger partial charge < -0.3 is 9.72 Å². The molecule has 0 spiro atoms. The first-order chi connectivity index (χ1) is 9.74. The number of hydrogen-bond donors (Lipinski definition) is 1. The number of fused-ring (bicyclic) bond motifs is 1. The highest BCUT2D eigenvalue weighted by Gasteiger charge is 2.13. The Morgan fingerprint density at radius 2 is 1.95 bits per heavy atom. The average molecular weight is 265 g/mol. The molecule has 0 bridgehead atoms. The van der Waals surface area contributed by atoms with Crippen LogP contribution in [-0.4, -0.2) is 11.0 Å². The van der Waals surface area contributed by atoms with Gasteiger partial charge in [-0.25, -0.2) is 4.79 Å². The lowest BCUT2D eigenvalue weighted by molar-refractivity contribution is 0.0475. The molecule has 0 radical (unpaired) electrons. The number of ether oxygens (including phenoxy) is 1. The van der Waals surface area contributed by atoms with Gasteiger partial charge in [0.25, 0.3) is 0 Å². The number of rotatable bonds is 3. The maximum absolute atomic E-state index is 12.1. The SMILES string of the molecule is Cc1ccc2c(C(=O)OCc3ccccc3)c[nH]c2c1. The van der Waals surface area contributed by atoms with Crippen molar-refractivity contribution in [3.05, 3.63) is 71.4 Å². The second kappa shape index (κ2) is 5.21. The molecule has 0 aliphatic carbocycles. The highest BCUT2D eigenvalue weighted by molar-refractivity contribution is 6.04. The number of H-pyrrole nitrogens is 1. The van der Waals surface area contributed by atoms with E-state index in [1.54, 1.807) is 6.20 Å². The zero-order valence-corrected chi connectivity index (χ0v) is 11.2. The van der Waals surface area contributed by atoms with Gasteiger partial charge in [-0.1, -0.05) is 42.5 Å². The monoisotopic (exact) mass is 265 g/mol. The number of aryl methyl sites for hydroxylation is 1. The number of benzene rings is 2. The minimum absolute atomic E-state index is 0.290. The molecule has 0 aliphatic rings. The lowest BCUT2D eigenvalue weighted by Gasteiger charge is -2.04. The van der Waals surface area contributed by atoms with Crippen molar-refractivity contribution in [2.24, 2.45) is 0 Å². The maximum atomic E-state index is 12.1. The largest absolute Gasteiger partial charge is 0.457 e. The van der Waals surface area contributed by atoms with Crippen LogP contribution in [0.3, 0.4) is 0 Å². The molecule has 0 aliphatic heterocycles. The summed E-state index contributed by atoms with van der Waals surface area (Å²) in [5.74, 6) is -0.302. The molecule has 2 aromatic carbocycles. The van der Waals surface area contributed by atoms with Crippen LogP contribution in [0.25, 0.3) is 10.9 Å². The fourth-order valence-corrected chi connectivity index (χ4v) is 2.21. The Morgan fingerprint density at radius 1 is 1.15 bits per heavy atom. The summed E-state index contributed by atoms with van der Waals surface area (Å²) in [6.07, 6.45) is 1.71. The van der Waals surface area contributed by atoms with E-state index in [0.717, 1.165) is 22.0 Å². The molecule has 20 heavy (non-hydrogen) atoms. The summed E-state index contributed by atoms with van der Waals surface area (Å²) >= 11 is 0. The van der Waals surface area contributed by atoms with Crippen LogP contribution >= 0.6 is 0 Å². The van der Waals surface area contributed by atoms with Crippen LogP contribution in [0.15, 0.2) is 54.7 Å². The molecular weight excluding hydrogens is 250 g/mol. The molecule has 3 aromatic rings. The molecule has 1 N–H and O–H groups in total. The maximum Gasteiger partial charge on any atom is 0.340 e. The van der Waals surface area contributed by atoms with E-state index in [1.165, 1.54) is 0 Å². The molecule has 0 amide bonds. The van der Waals surface area contributed by atoms with Crippen molar-refractivity contribution >= 4 is 16.9 Å². The number of carbonyl (C=O) groups is 1. The fourth-order valence-electron chi connectivity index (χ4n) is 2.21. The van der Waals surface area contributed by atoms with Crippen LogP contribution in [0, 0.1) is 6.92 Å². The summed E-state index contributed by atoms with van der Waals surface area (Å²) in [7, 11) is 0. The number of esters is 1. The molecule has 3 heteroatoms. The fraction of sp³-hybridized carbons (Fsp3) is 0.118. The second-order valence-corrected chi connectivity index (χ2v) is 4.81. The van der Waals surface area contributed by atoms with Gasteiger partial charge in [0.15, 0.2) is 0 Å². The van der Waals surface area contributed by atoms with E-state index in [0.29, 0.717) is 5.56 Å². The normalized spacial score (nSPS) is 10.7. The van der Waals surface area contributed by atoms with Crippen LogP contribution in [0.5, 0.6) is 0 Å². The highest BCUT2D eigenvalue weighted by atomic mass is 16.5. The highest BCUT2D eigenvalue weighted by Crippen LogP contribution is 2.20. The number of aromatic amines is 1. The van der Waals surface area contributed by atoms with Crippen LogP contribution in [-0.2, 0) is 11.3 Å². The van der Waals surface area contributed by atoms with Gasteiger partial charge in [-0.05, 0) is 24.1 Å². The summed E-state index contributed by atoms with van der Waals surface area (Å²) in [6, 6.07) is 15.6. The summed E-state index contributed by atoms with van der Waals surface area (Å²) < 4.78 is 5.35. The van der Waals surface area contributed by atoms with E-state index in [9.17, 15) is 4.79 Å². The first-order valence-corrected chi connectivity index (χ1v) is 6.53. The first kappa shape index (κ1) is 12.5. The van der Waals surface area contributed by atoms with Crippen molar-refractivity contribution in [2.45, 2.75) is 13.5 Å². The predicted molar refractivity (Wildman–Crippen MR) is 78.6 cm³/mol. The van der Waals surface area contributed by atoms with Crippen molar-refractivity contribution in [1.82, 2.24) is 4.98 Å². The van der Waals surface area contributed by atoms with Gasteiger partial charge in [-0.15, -0.1) is 0 Å². The van der Waals surface area contributed by atoms with E-state index in [4.69, 9.17) is 4.74 Å². The first-order valence-electron chi connectivity index (χ1n) is 6.53. The zero-order valence-electron chi connectivity index (χ0n) is 11.2. The van der Waals surface area contributed by atoms with Gasteiger partial charge in [0.1, 0.15) is 6.61 Å². The van der Waals surface area contributed by atoms with Gasteiger partial charge >= 0.3 is 5.97 Å². The standard InChI is InChI=1S/C17H15NO2/c1-12-7-8-14-15(10-18-16(14)9-12)17(19)20-11-13-5-3-2-4-6-13/h2-10,18H,11H2,1H3. The Kier molecular flexibility index (Phi) is 3.25. The van der Waals surface area contributed by atoms with Gasteiger partial charge in [0.2, 0.25) is 0 Å². The number of nitrogens with one attached hydrogen (secondary N) is 1. The van der Waals surface area contributed by atoms with Gasteiger partial charge in [0.05, 0.1) is 5.56 Å². The van der Waals surface area contributed by atoms with Crippen molar-refractivity contribution in [2.75, 3.05) is 0 Å². The number of hydrogen-bond acceptors (Lipinski definition) is 2. The van der Waals surface area contributed by atoms with Gasteiger partial charge in [-0.2, -0.15) is 0 Å². The minimum atomic E-state index is -0.302. The summed E-state index contributed by atoms with van der Waals surface area (Å²) in [5.41, 5.74) is 3.67. The lowest BCUT2D eigenvalue weighted by Crippen LogP contribution is -2.04. The summed E-state index contributed by atoms with van der Waals surface area (Å²) in [6.45, 7) is 2.31. The quantitative estimate of drug-likeness (QED) is 0.731. The number of carbonyl (C=O) groups excluding carboxylic acids is 1. The third-order valence-corrected chi connectivity index (χ3v) is 3.27. The minimum Gasteiger partial charge on any atom is -0.457 e. The molecule has 0 atom stereocenters. The van der Waals surface area contributed by atoms with Gasteiger partial charge in [0, 0.05) is 17.1 Å². The van der Waals surface area contributed by atoms with Crippen LogP contribution in [0.4, 0.5) is 0 Å². The Balaban J connectivity index is 1.79. The Bertz CT molecular complexity index is 744. The topological polar surface area (TPSA) is 42.1 Å². The van der Waals surface area contributed by atoms with Crippen molar-refractivity contribution in [3.8, 4) is 0 Å². The van der Waals surface area contributed by atoms with E-state index >= 15 is 0 Å². The molecule has 0 unspecified atom stereocenters. The summed E-state index contributed by atoms with van der Waals surface area (Å²) in [5, 5.41) is 0.897. The van der Waals surface area contributed by atoms with Gasteiger partial charge in [-0.3, -0.25) is 0 Å². The van der Waals surface area contributed by atoms with Crippen LogP contribution < -0.4 is 0 Å². The smallest absolute Gasteiger partial charge is 0.340 e. The van der Waals surface area contributed by atoms with E-state index in [2.05, 4.69) is 4.98 Å². The van der Waals surface area contributed by atoms with Crippen molar-refractivity contribution in [3.63, 3.8) is 0 Å². The van der Waals surface area contributed by atoms with Crippen LogP contribution in [0.1, 0.15) is 21.5 Å². The second-order valence-electron chi connectivity index (χ2n) is 4.81. The molecule has 0 saturated carbocycles. The molecular formula is C17H15NO2. The molecule has 3 rings (SSSR count). The molecule has 1 heterocycles. The number of aromatic nitrogens is 1. The molecule has 0 fully saturated rings. The third kappa shape index (κ3) is 2.43. The molecule has 100 valence electrons. The molecule has 0 saturated heterocycles. The summed E-state index contributed by atoms with van der Waals surface area (Å²) in [4.78, 5) is 15.2. The lowest BCUT2D eigenvalue weighted by atomic mass is 10.1. The Hall–Kier alpha value is -2.55. The van der Waals surface area contributed by atoms with Crippen LogP contribution in [0.2, 0.25) is 0 Å². The van der Waals surface area contributed by atoms with Crippen molar-refractivity contribution in [1.29, 1.82) is 0 Å². The molecule has 1 aromatic heterocycles. The Morgan fingerprint density at radius 3 is 2.75 bits per heavy atom. The predicted octanol–water partition coefficient (Wildman–Crippen LogP) is 3.83.